The molecule has 0 amide bonds. The predicted octanol–water partition coefficient (Wildman–Crippen LogP) is 2.13. The van der Waals surface area contributed by atoms with Gasteiger partial charge in [-0.2, -0.15) is 4.31 Å². The van der Waals surface area contributed by atoms with Gasteiger partial charge in [-0.25, -0.2) is 8.42 Å². The number of anilines is 1. The van der Waals surface area contributed by atoms with Gasteiger partial charge >= 0.3 is 0 Å². The first-order valence-electron chi connectivity index (χ1n) is 7.77. The topological polar surface area (TPSA) is 75.4 Å². The van der Waals surface area contributed by atoms with E-state index >= 15 is 0 Å². The number of hydrogen-bond acceptors (Lipinski definition) is 5. The Balaban J connectivity index is 1.58. The molecule has 2 aliphatic rings. The minimum absolute atomic E-state index is 0.0479. The zero-order valence-corrected chi connectivity index (χ0v) is 13.8. The molecule has 1 spiro atoms. The van der Waals surface area contributed by atoms with Crippen molar-refractivity contribution >= 4 is 15.7 Å². The molecule has 2 aromatic rings. The van der Waals surface area contributed by atoms with Crippen molar-refractivity contribution in [2.45, 2.75) is 30.1 Å². The minimum Gasteiger partial charge on any atom is -0.384 e. The molecule has 1 fully saturated rings. The van der Waals surface area contributed by atoms with Gasteiger partial charge in [-0.1, -0.05) is 23.4 Å². The van der Waals surface area contributed by atoms with Crippen LogP contribution in [-0.4, -0.2) is 37.5 Å². The predicted molar refractivity (Wildman–Crippen MR) is 85.8 cm³/mol. The Morgan fingerprint density at radius 3 is 2.70 bits per heavy atom. The maximum absolute atomic E-state index is 12.7. The number of hydrogen-bond donors (Lipinski definition) is 1. The van der Waals surface area contributed by atoms with E-state index in [1.165, 1.54) is 17.5 Å². The fourth-order valence-electron chi connectivity index (χ4n) is 3.73. The van der Waals surface area contributed by atoms with Crippen LogP contribution in [0.15, 0.2) is 39.9 Å². The first-order valence-corrected chi connectivity index (χ1v) is 9.21. The zero-order chi connectivity index (χ0) is 16.1. The smallest absolute Gasteiger partial charge is 0.248 e. The number of fused-ring (bicyclic) bond motifs is 2. The lowest BCUT2D eigenvalue weighted by atomic mass is 9.75. The Bertz CT molecular complexity index is 836. The molecular weight excluding hydrogens is 314 g/mol. The van der Waals surface area contributed by atoms with E-state index in [4.69, 9.17) is 4.52 Å². The van der Waals surface area contributed by atoms with Crippen LogP contribution in [0, 0.1) is 6.92 Å². The molecule has 0 atom stereocenters. The summed E-state index contributed by atoms with van der Waals surface area (Å²) in [4.78, 5) is 0.179. The quantitative estimate of drug-likeness (QED) is 0.911. The van der Waals surface area contributed by atoms with Crippen LogP contribution in [0.1, 0.15) is 24.1 Å². The number of aryl methyl sites for hydroxylation is 1. The zero-order valence-electron chi connectivity index (χ0n) is 12.9. The lowest BCUT2D eigenvalue weighted by molar-refractivity contribution is 0.249. The van der Waals surface area contributed by atoms with Crippen LogP contribution >= 0.6 is 0 Å². The van der Waals surface area contributed by atoms with Crippen LogP contribution in [0.4, 0.5) is 5.69 Å². The molecule has 0 bridgehead atoms. The van der Waals surface area contributed by atoms with Gasteiger partial charge in [-0.15, -0.1) is 0 Å². The molecule has 1 aromatic carbocycles. The third kappa shape index (κ3) is 2.18. The summed E-state index contributed by atoms with van der Waals surface area (Å²) in [7, 11) is -3.52. The molecule has 2 aliphatic heterocycles. The standard InChI is InChI=1S/C16H19N3O3S/c1-12-15(10-22-18-12)23(20,21)19-8-6-16(7-9-19)11-17-14-5-3-2-4-13(14)16/h2-5,10,17H,6-9,11H2,1H3. The fraction of sp³-hybridized carbons (Fsp3) is 0.438. The molecule has 4 rings (SSSR count). The van der Waals surface area contributed by atoms with E-state index in [0.717, 1.165) is 19.4 Å². The molecule has 1 aromatic heterocycles. The second-order valence-electron chi connectivity index (χ2n) is 6.35. The number of piperidine rings is 1. The number of aromatic nitrogens is 1. The Hall–Kier alpha value is -1.86. The average Bonchev–Trinajstić information content (AvgIpc) is 3.14. The van der Waals surface area contributed by atoms with Crippen LogP contribution in [0.2, 0.25) is 0 Å². The molecule has 7 heteroatoms. The van der Waals surface area contributed by atoms with E-state index in [0.29, 0.717) is 18.8 Å². The van der Waals surface area contributed by atoms with E-state index in [2.05, 4.69) is 28.7 Å². The summed E-state index contributed by atoms with van der Waals surface area (Å²) in [6, 6.07) is 8.33. The van der Waals surface area contributed by atoms with Crippen molar-refractivity contribution in [1.29, 1.82) is 0 Å². The summed E-state index contributed by atoms with van der Waals surface area (Å²) in [6.45, 7) is 3.57. The fourth-order valence-corrected chi connectivity index (χ4v) is 5.25. The highest BCUT2D eigenvalue weighted by Gasteiger charge is 2.44. The summed E-state index contributed by atoms with van der Waals surface area (Å²) in [5, 5.41) is 7.15. The first-order chi connectivity index (χ1) is 11.0. The maximum Gasteiger partial charge on any atom is 0.248 e. The van der Waals surface area contributed by atoms with E-state index in [1.807, 2.05) is 6.07 Å². The largest absolute Gasteiger partial charge is 0.384 e. The van der Waals surface area contributed by atoms with E-state index in [9.17, 15) is 8.42 Å². The highest BCUT2D eigenvalue weighted by Crippen LogP contribution is 2.44. The molecule has 0 radical (unpaired) electrons. The van der Waals surface area contributed by atoms with Crippen LogP contribution < -0.4 is 5.32 Å². The third-order valence-corrected chi connectivity index (χ3v) is 7.11. The molecule has 0 unspecified atom stereocenters. The molecule has 122 valence electrons. The van der Waals surface area contributed by atoms with Crippen molar-refractivity contribution in [3.63, 3.8) is 0 Å². The molecule has 3 heterocycles. The van der Waals surface area contributed by atoms with Crippen molar-refractivity contribution in [1.82, 2.24) is 9.46 Å². The number of sulfonamides is 1. The average molecular weight is 333 g/mol. The van der Waals surface area contributed by atoms with Crippen LogP contribution in [0.5, 0.6) is 0 Å². The highest BCUT2D eigenvalue weighted by atomic mass is 32.2. The van der Waals surface area contributed by atoms with Crippen LogP contribution in [0.3, 0.4) is 0 Å². The Morgan fingerprint density at radius 2 is 2.00 bits per heavy atom. The number of para-hydroxylation sites is 1. The number of nitrogens with one attached hydrogen (secondary N) is 1. The molecule has 0 saturated carbocycles. The first kappa shape index (κ1) is 14.7. The van der Waals surface area contributed by atoms with Crippen molar-refractivity contribution in [3.8, 4) is 0 Å². The normalized spacial score (nSPS) is 20.4. The molecule has 6 nitrogen and oxygen atoms in total. The van der Waals surface area contributed by atoms with Gasteiger partial charge in [0.15, 0.2) is 0 Å². The molecule has 1 saturated heterocycles. The lowest BCUT2D eigenvalue weighted by Gasteiger charge is -2.38. The SMILES string of the molecule is Cc1nocc1S(=O)(=O)N1CCC2(CC1)CNc1ccccc12. The minimum atomic E-state index is -3.52. The Morgan fingerprint density at radius 1 is 1.26 bits per heavy atom. The molecule has 0 aliphatic carbocycles. The van der Waals surface area contributed by atoms with Crippen LogP contribution in [-0.2, 0) is 15.4 Å². The van der Waals surface area contributed by atoms with Crippen molar-refractivity contribution in [2.24, 2.45) is 0 Å². The third-order valence-electron chi connectivity index (χ3n) is 5.12. The van der Waals surface area contributed by atoms with Gasteiger partial charge in [0.1, 0.15) is 16.9 Å². The summed E-state index contributed by atoms with van der Waals surface area (Å²) in [5.74, 6) is 0. The summed E-state index contributed by atoms with van der Waals surface area (Å²) in [6.07, 6.45) is 2.86. The number of nitrogens with zero attached hydrogens (tertiary/aromatic N) is 2. The Kier molecular flexibility index (Phi) is 3.24. The highest BCUT2D eigenvalue weighted by molar-refractivity contribution is 7.89. The van der Waals surface area contributed by atoms with Crippen LogP contribution in [0.25, 0.3) is 0 Å². The maximum atomic E-state index is 12.7. The van der Waals surface area contributed by atoms with Gasteiger partial charge in [-0.3, -0.25) is 0 Å². The lowest BCUT2D eigenvalue weighted by Crippen LogP contribution is -2.46. The van der Waals surface area contributed by atoms with Gasteiger partial charge in [-0.05, 0) is 31.4 Å². The molecule has 1 N–H and O–H groups in total. The monoisotopic (exact) mass is 333 g/mol. The molecule has 23 heavy (non-hydrogen) atoms. The number of rotatable bonds is 2. The van der Waals surface area contributed by atoms with E-state index in [1.54, 1.807) is 11.2 Å². The van der Waals surface area contributed by atoms with Crippen molar-refractivity contribution < 1.29 is 12.9 Å². The summed E-state index contributed by atoms with van der Waals surface area (Å²) in [5.41, 5.74) is 2.96. The van der Waals surface area contributed by atoms with Crippen molar-refractivity contribution in [3.05, 3.63) is 41.8 Å². The summed E-state index contributed by atoms with van der Waals surface area (Å²) < 4.78 is 31.8. The van der Waals surface area contributed by atoms with E-state index in [-0.39, 0.29) is 10.3 Å². The van der Waals surface area contributed by atoms with E-state index < -0.39 is 10.0 Å². The summed E-state index contributed by atoms with van der Waals surface area (Å²) >= 11 is 0. The van der Waals surface area contributed by atoms with Gasteiger partial charge < -0.3 is 9.84 Å². The van der Waals surface area contributed by atoms with Gasteiger partial charge in [0.2, 0.25) is 10.0 Å². The van der Waals surface area contributed by atoms with Crippen molar-refractivity contribution in [2.75, 3.05) is 25.0 Å². The number of benzene rings is 1. The van der Waals surface area contributed by atoms with Gasteiger partial charge in [0, 0.05) is 30.7 Å². The Labute approximate surface area is 135 Å². The van der Waals surface area contributed by atoms with Gasteiger partial charge in [0.25, 0.3) is 0 Å². The second-order valence-corrected chi connectivity index (χ2v) is 8.25. The molecular formula is C16H19N3O3S. The van der Waals surface area contributed by atoms with Gasteiger partial charge in [0.05, 0.1) is 0 Å². The second kappa shape index (κ2) is 5.07.